The summed E-state index contributed by atoms with van der Waals surface area (Å²) in [6, 6.07) is 5.33. The Bertz CT molecular complexity index is 626. The number of aryl methyl sites for hydroxylation is 1. The van der Waals surface area contributed by atoms with Crippen LogP contribution >= 0.6 is 23.1 Å². The average Bonchev–Trinajstić information content (AvgIpc) is 2.78. The van der Waals surface area contributed by atoms with Crippen molar-refractivity contribution in [3.05, 3.63) is 41.0 Å². The van der Waals surface area contributed by atoms with E-state index in [2.05, 4.69) is 10.3 Å². The molecule has 0 saturated heterocycles. The Morgan fingerprint density at radius 2 is 2.10 bits per heavy atom. The number of carboxylic acid groups (broad SMARTS) is 1. The normalized spacial score (nSPS) is 10.2. The lowest BCUT2D eigenvalue weighted by Crippen LogP contribution is -2.12. The van der Waals surface area contributed by atoms with Crippen LogP contribution in [0.2, 0.25) is 0 Å². The first-order valence-electron chi connectivity index (χ1n) is 5.72. The number of carboxylic acids is 1. The highest BCUT2D eigenvalue weighted by Crippen LogP contribution is 2.27. The number of hydrogen-bond acceptors (Lipinski definition) is 5. The van der Waals surface area contributed by atoms with Crippen LogP contribution in [-0.2, 0) is 4.79 Å². The SMILES string of the molecule is Cc1cc(NC(=O)CSc2ccncc2)sc1C(=O)O. The van der Waals surface area contributed by atoms with Gasteiger partial charge in [0.05, 0.1) is 10.8 Å². The highest BCUT2D eigenvalue weighted by molar-refractivity contribution is 8.00. The Hall–Kier alpha value is -1.86. The number of carbonyl (C=O) groups is 2. The number of thioether (sulfide) groups is 1. The molecule has 0 bridgehead atoms. The van der Waals surface area contributed by atoms with Crippen molar-refractivity contribution in [2.75, 3.05) is 11.1 Å². The fraction of sp³-hybridized carbons (Fsp3) is 0.154. The van der Waals surface area contributed by atoms with Crippen LogP contribution in [0.15, 0.2) is 35.5 Å². The minimum atomic E-state index is -0.973. The highest BCUT2D eigenvalue weighted by Gasteiger charge is 2.13. The zero-order valence-electron chi connectivity index (χ0n) is 10.6. The Balaban J connectivity index is 1.92. The number of pyridine rings is 1. The molecule has 0 spiro atoms. The van der Waals surface area contributed by atoms with E-state index in [9.17, 15) is 9.59 Å². The quantitative estimate of drug-likeness (QED) is 0.830. The summed E-state index contributed by atoms with van der Waals surface area (Å²) in [5.74, 6) is -0.868. The van der Waals surface area contributed by atoms with Crippen LogP contribution in [0.3, 0.4) is 0 Å². The lowest BCUT2D eigenvalue weighted by atomic mass is 10.3. The van der Waals surface area contributed by atoms with Gasteiger partial charge >= 0.3 is 5.97 Å². The summed E-state index contributed by atoms with van der Waals surface area (Å²) in [5, 5.41) is 12.2. The molecule has 0 aliphatic rings. The van der Waals surface area contributed by atoms with Crippen molar-refractivity contribution < 1.29 is 14.7 Å². The van der Waals surface area contributed by atoms with Crippen molar-refractivity contribution in [3.8, 4) is 0 Å². The first-order valence-corrected chi connectivity index (χ1v) is 7.53. The lowest BCUT2D eigenvalue weighted by Gasteiger charge is -2.02. The van der Waals surface area contributed by atoms with Crippen molar-refractivity contribution in [2.24, 2.45) is 0 Å². The van der Waals surface area contributed by atoms with E-state index in [1.165, 1.54) is 11.8 Å². The van der Waals surface area contributed by atoms with E-state index in [1.54, 1.807) is 25.4 Å². The Labute approximate surface area is 124 Å². The summed E-state index contributed by atoms with van der Waals surface area (Å²) < 4.78 is 0. The molecule has 5 nitrogen and oxygen atoms in total. The van der Waals surface area contributed by atoms with E-state index in [1.807, 2.05) is 12.1 Å². The van der Waals surface area contributed by atoms with Crippen LogP contribution in [0, 0.1) is 6.92 Å². The van der Waals surface area contributed by atoms with Gasteiger partial charge in [0.25, 0.3) is 0 Å². The monoisotopic (exact) mass is 308 g/mol. The van der Waals surface area contributed by atoms with Gasteiger partial charge in [0.2, 0.25) is 5.91 Å². The molecule has 0 atom stereocenters. The molecule has 0 aliphatic heterocycles. The van der Waals surface area contributed by atoms with E-state index in [-0.39, 0.29) is 16.5 Å². The maximum atomic E-state index is 11.8. The molecule has 0 unspecified atom stereocenters. The number of rotatable bonds is 5. The molecular formula is C13H12N2O3S2. The first-order chi connectivity index (χ1) is 9.56. The summed E-state index contributed by atoms with van der Waals surface area (Å²) in [7, 11) is 0. The van der Waals surface area contributed by atoms with Gasteiger partial charge in [-0.2, -0.15) is 0 Å². The predicted octanol–water partition coefficient (Wildman–Crippen LogP) is 2.88. The van der Waals surface area contributed by atoms with Gasteiger partial charge in [0, 0.05) is 17.3 Å². The highest BCUT2D eigenvalue weighted by atomic mass is 32.2. The summed E-state index contributed by atoms with van der Waals surface area (Å²) in [4.78, 5) is 27.8. The molecule has 7 heteroatoms. The van der Waals surface area contributed by atoms with E-state index in [0.717, 1.165) is 16.2 Å². The molecule has 1 amide bonds. The van der Waals surface area contributed by atoms with Gasteiger partial charge in [0.15, 0.2) is 0 Å². The maximum Gasteiger partial charge on any atom is 0.346 e. The van der Waals surface area contributed by atoms with Crippen molar-refractivity contribution in [1.29, 1.82) is 0 Å². The van der Waals surface area contributed by atoms with Gasteiger partial charge in [-0.1, -0.05) is 0 Å². The molecule has 0 aliphatic carbocycles. The Morgan fingerprint density at radius 1 is 1.40 bits per heavy atom. The smallest absolute Gasteiger partial charge is 0.346 e. The number of carbonyl (C=O) groups excluding carboxylic acids is 1. The third-order valence-corrected chi connectivity index (χ3v) is 4.55. The molecule has 2 N–H and O–H groups in total. The molecule has 0 saturated carbocycles. The summed E-state index contributed by atoms with van der Waals surface area (Å²) in [6.45, 7) is 1.71. The third-order valence-electron chi connectivity index (χ3n) is 2.39. The van der Waals surface area contributed by atoms with Crippen molar-refractivity contribution in [1.82, 2.24) is 4.98 Å². The van der Waals surface area contributed by atoms with E-state index >= 15 is 0 Å². The van der Waals surface area contributed by atoms with Crippen molar-refractivity contribution in [3.63, 3.8) is 0 Å². The van der Waals surface area contributed by atoms with Crippen molar-refractivity contribution in [2.45, 2.75) is 11.8 Å². The average molecular weight is 308 g/mol. The molecule has 20 heavy (non-hydrogen) atoms. The molecule has 2 heterocycles. The van der Waals surface area contributed by atoms with Crippen LogP contribution in [0.1, 0.15) is 15.2 Å². The zero-order valence-corrected chi connectivity index (χ0v) is 12.3. The lowest BCUT2D eigenvalue weighted by molar-refractivity contribution is -0.113. The second kappa shape index (κ2) is 6.53. The van der Waals surface area contributed by atoms with Crippen LogP contribution in [-0.4, -0.2) is 27.7 Å². The number of nitrogens with zero attached hydrogens (tertiary/aromatic N) is 1. The van der Waals surface area contributed by atoms with Gasteiger partial charge in [-0.3, -0.25) is 9.78 Å². The van der Waals surface area contributed by atoms with Gasteiger partial charge in [-0.05, 0) is 30.7 Å². The molecule has 2 aromatic heterocycles. The molecule has 0 radical (unpaired) electrons. The number of nitrogens with one attached hydrogen (secondary N) is 1. The topological polar surface area (TPSA) is 79.3 Å². The molecule has 104 valence electrons. The zero-order chi connectivity index (χ0) is 14.5. The summed E-state index contributed by atoms with van der Waals surface area (Å²) in [6.07, 6.45) is 3.34. The maximum absolute atomic E-state index is 11.8. The Morgan fingerprint density at radius 3 is 2.70 bits per heavy atom. The van der Waals surface area contributed by atoms with Crippen LogP contribution in [0.5, 0.6) is 0 Å². The molecule has 2 rings (SSSR count). The second-order valence-electron chi connectivity index (χ2n) is 3.95. The van der Waals surface area contributed by atoms with Crippen molar-refractivity contribution >= 4 is 40.0 Å². The van der Waals surface area contributed by atoms with Gasteiger partial charge in [-0.25, -0.2) is 4.79 Å². The van der Waals surface area contributed by atoms with Gasteiger partial charge < -0.3 is 10.4 Å². The first kappa shape index (κ1) is 14.5. The molecule has 0 aromatic carbocycles. The second-order valence-corrected chi connectivity index (χ2v) is 6.05. The van der Waals surface area contributed by atoms with E-state index in [4.69, 9.17) is 5.11 Å². The number of aromatic nitrogens is 1. The van der Waals surface area contributed by atoms with Crippen LogP contribution in [0.4, 0.5) is 5.00 Å². The van der Waals surface area contributed by atoms with Gasteiger partial charge in [0.1, 0.15) is 4.88 Å². The Kier molecular flexibility index (Phi) is 4.75. The molecular weight excluding hydrogens is 296 g/mol. The van der Waals surface area contributed by atoms with Crippen LogP contribution < -0.4 is 5.32 Å². The molecule has 0 fully saturated rings. The minimum absolute atomic E-state index is 0.162. The van der Waals surface area contributed by atoms with E-state index in [0.29, 0.717) is 10.6 Å². The number of hydrogen-bond donors (Lipinski definition) is 2. The fourth-order valence-electron chi connectivity index (χ4n) is 1.51. The van der Waals surface area contributed by atoms with E-state index < -0.39 is 5.97 Å². The standard InChI is InChI=1S/C13H12N2O3S2/c1-8-6-11(20-12(8)13(17)18)15-10(16)7-19-9-2-4-14-5-3-9/h2-6H,7H2,1H3,(H,15,16)(H,17,18). The predicted molar refractivity (Wildman–Crippen MR) is 79.6 cm³/mol. The number of amides is 1. The number of thiophene rings is 1. The molecule has 2 aromatic rings. The van der Waals surface area contributed by atoms with Gasteiger partial charge in [-0.15, -0.1) is 23.1 Å². The summed E-state index contributed by atoms with van der Waals surface area (Å²) in [5.41, 5.74) is 0.652. The fourth-order valence-corrected chi connectivity index (χ4v) is 3.12. The largest absolute Gasteiger partial charge is 0.477 e. The number of aromatic carboxylic acids is 1. The van der Waals surface area contributed by atoms with Crippen LogP contribution in [0.25, 0.3) is 0 Å². The minimum Gasteiger partial charge on any atom is -0.477 e. The number of anilines is 1. The summed E-state index contributed by atoms with van der Waals surface area (Å²) >= 11 is 2.47. The third kappa shape index (κ3) is 3.82.